The van der Waals surface area contributed by atoms with Gasteiger partial charge >= 0.3 is 0 Å². The predicted octanol–water partition coefficient (Wildman–Crippen LogP) is 5.13. The first-order chi connectivity index (χ1) is 13.0. The van der Waals surface area contributed by atoms with Crippen molar-refractivity contribution in [2.45, 2.75) is 27.4 Å². The normalized spacial score (nSPS) is 10.5. The Balaban J connectivity index is 1.59. The topological polar surface area (TPSA) is 60.7 Å². The quantitative estimate of drug-likeness (QED) is 0.631. The molecule has 0 aliphatic rings. The van der Waals surface area contributed by atoms with Crippen LogP contribution in [0, 0.1) is 13.8 Å². The van der Waals surface area contributed by atoms with Gasteiger partial charge in [0, 0.05) is 5.69 Å². The monoisotopic (exact) mass is 365 g/mol. The Bertz CT molecular complexity index is 912. The van der Waals surface area contributed by atoms with Crippen LogP contribution in [0.1, 0.15) is 34.4 Å². The van der Waals surface area contributed by atoms with Gasteiger partial charge in [-0.3, -0.25) is 4.79 Å². The first-order valence-corrected chi connectivity index (χ1v) is 8.88. The van der Waals surface area contributed by atoms with Crippen molar-refractivity contribution in [3.8, 4) is 11.5 Å². The number of amides is 1. The third kappa shape index (κ3) is 4.91. The fourth-order valence-electron chi connectivity index (χ4n) is 2.59. The molecule has 5 nitrogen and oxygen atoms in total. The molecule has 0 fully saturated rings. The van der Waals surface area contributed by atoms with Gasteiger partial charge in [-0.25, -0.2) is 0 Å². The van der Waals surface area contributed by atoms with Gasteiger partial charge in [0.1, 0.15) is 23.9 Å². The Kier molecular flexibility index (Phi) is 5.81. The smallest absolute Gasteiger partial charge is 0.291 e. The summed E-state index contributed by atoms with van der Waals surface area (Å²) in [6, 6.07) is 16.7. The van der Waals surface area contributed by atoms with E-state index in [0.29, 0.717) is 18.1 Å². The summed E-state index contributed by atoms with van der Waals surface area (Å²) in [7, 11) is 0. The molecular weight excluding hydrogens is 342 g/mol. The number of rotatable bonds is 7. The molecule has 3 aromatic rings. The Morgan fingerprint density at radius 3 is 2.37 bits per heavy atom. The van der Waals surface area contributed by atoms with Crippen molar-refractivity contribution in [2.24, 2.45) is 0 Å². The first kappa shape index (κ1) is 18.6. The molecule has 2 aromatic carbocycles. The summed E-state index contributed by atoms with van der Waals surface area (Å²) in [6.07, 6.45) is 0. The minimum atomic E-state index is -0.281. The van der Waals surface area contributed by atoms with E-state index in [4.69, 9.17) is 13.9 Å². The van der Waals surface area contributed by atoms with Gasteiger partial charge in [0.2, 0.25) is 0 Å². The predicted molar refractivity (Wildman–Crippen MR) is 105 cm³/mol. The van der Waals surface area contributed by atoms with E-state index in [1.165, 1.54) is 0 Å². The molecule has 0 aliphatic heterocycles. The summed E-state index contributed by atoms with van der Waals surface area (Å²) in [6.45, 7) is 6.74. The second kappa shape index (κ2) is 8.45. The van der Waals surface area contributed by atoms with Crippen molar-refractivity contribution in [2.75, 3.05) is 11.9 Å². The Morgan fingerprint density at radius 1 is 0.963 bits per heavy atom. The van der Waals surface area contributed by atoms with Crippen LogP contribution in [0.5, 0.6) is 11.5 Å². The lowest BCUT2D eigenvalue weighted by Crippen LogP contribution is -2.12. The SMILES string of the molecule is CCOc1ccc(OCc2ccc(C(=O)Nc3cc(C)ccc3C)o2)cc1. The fraction of sp³-hybridized carbons (Fsp3) is 0.227. The highest BCUT2D eigenvalue weighted by molar-refractivity contribution is 6.02. The van der Waals surface area contributed by atoms with Gasteiger partial charge in [0.15, 0.2) is 5.76 Å². The highest BCUT2D eigenvalue weighted by Gasteiger charge is 2.13. The number of nitrogens with one attached hydrogen (secondary N) is 1. The van der Waals surface area contributed by atoms with Crippen LogP contribution in [-0.4, -0.2) is 12.5 Å². The van der Waals surface area contributed by atoms with E-state index >= 15 is 0 Å². The van der Waals surface area contributed by atoms with Crippen LogP contribution in [-0.2, 0) is 6.61 Å². The number of benzene rings is 2. The largest absolute Gasteiger partial charge is 0.494 e. The Hall–Kier alpha value is -3.21. The van der Waals surface area contributed by atoms with E-state index in [1.807, 2.05) is 63.2 Å². The van der Waals surface area contributed by atoms with Gasteiger partial charge in [-0.1, -0.05) is 12.1 Å². The van der Waals surface area contributed by atoms with Crippen molar-refractivity contribution < 1.29 is 18.7 Å². The minimum absolute atomic E-state index is 0.241. The van der Waals surface area contributed by atoms with Crippen LogP contribution in [0.4, 0.5) is 5.69 Å². The molecule has 140 valence electrons. The fourth-order valence-corrected chi connectivity index (χ4v) is 2.59. The van der Waals surface area contributed by atoms with Gasteiger partial charge < -0.3 is 19.2 Å². The summed E-state index contributed by atoms with van der Waals surface area (Å²) >= 11 is 0. The van der Waals surface area contributed by atoms with E-state index in [9.17, 15) is 4.79 Å². The number of anilines is 1. The van der Waals surface area contributed by atoms with Crippen molar-refractivity contribution in [1.82, 2.24) is 0 Å². The molecule has 27 heavy (non-hydrogen) atoms. The third-order valence-corrected chi connectivity index (χ3v) is 4.04. The van der Waals surface area contributed by atoms with Gasteiger partial charge in [-0.2, -0.15) is 0 Å². The average molecular weight is 365 g/mol. The number of hydrogen-bond donors (Lipinski definition) is 1. The molecule has 1 aromatic heterocycles. The zero-order chi connectivity index (χ0) is 19.2. The second-order valence-corrected chi connectivity index (χ2v) is 6.23. The molecule has 0 saturated carbocycles. The number of ether oxygens (including phenoxy) is 2. The summed E-state index contributed by atoms with van der Waals surface area (Å²) in [5.41, 5.74) is 2.86. The molecule has 1 amide bonds. The minimum Gasteiger partial charge on any atom is -0.494 e. The average Bonchev–Trinajstić information content (AvgIpc) is 3.14. The molecule has 0 spiro atoms. The summed E-state index contributed by atoms with van der Waals surface area (Å²) in [5.74, 6) is 2.05. The molecule has 1 N–H and O–H groups in total. The lowest BCUT2D eigenvalue weighted by molar-refractivity contribution is 0.0992. The van der Waals surface area contributed by atoms with Crippen molar-refractivity contribution in [1.29, 1.82) is 0 Å². The zero-order valence-electron chi connectivity index (χ0n) is 15.7. The van der Waals surface area contributed by atoms with Gasteiger partial charge in [-0.05, 0) is 74.4 Å². The van der Waals surface area contributed by atoms with Crippen LogP contribution in [0.15, 0.2) is 59.0 Å². The van der Waals surface area contributed by atoms with Crippen LogP contribution in [0.3, 0.4) is 0 Å². The van der Waals surface area contributed by atoms with E-state index < -0.39 is 0 Å². The van der Waals surface area contributed by atoms with E-state index in [0.717, 1.165) is 22.6 Å². The highest BCUT2D eigenvalue weighted by Crippen LogP contribution is 2.20. The maximum Gasteiger partial charge on any atom is 0.291 e. The first-order valence-electron chi connectivity index (χ1n) is 8.88. The van der Waals surface area contributed by atoms with E-state index in [2.05, 4.69) is 5.32 Å². The molecule has 0 atom stereocenters. The van der Waals surface area contributed by atoms with Crippen molar-refractivity contribution in [3.05, 3.63) is 77.2 Å². The van der Waals surface area contributed by atoms with Gasteiger partial charge in [0.05, 0.1) is 6.61 Å². The standard InChI is InChI=1S/C22H23NO4/c1-4-25-17-7-9-18(10-8-17)26-14-19-11-12-21(27-19)22(24)23-20-13-15(2)5-6-16(20)3/h5-13H,4,14H2,1-3H3,(H,23,24). The lowest BCUT2D eigenvalue weighted by atomic mass is 10.1. The maximum absolute atomic E-state index is 12.4. The lowest BCUT2D eigenvalue weighted by Gasteiger charge is -2.08. The number of hydrogen-bond acceptors (Lipinski definition) is 4. The van der Waals surface area contributed by atoms with Crippen molar-refractivity contribution in [3.63, 3.8) is 0 Å². The molecule has 0 unspecified atom stereocenters. The highest BCUT2D eigenvalue weighted by atomic mass is 16.5. The molecule has 0 bridgehead atoms. The number of carbonyl (C=O) groups excluding carboxylic acids is 1. The Labute approximate surface area is 158 Å². The van der Waals surface area contributed by atoms with E-state index in [1.54, 1.807) is 12.1 Å². The molecular formula is C22H23NO4. The van der Waals surface area contributed by atoms with Crippen LogP contribution < -0.4 is 14.8 Å². The van der Waals surface area contributed by atoms with Crippen LogP contribution >= 0.6 is 0 Å². The van der Waals surface area contributed by atoms with Gasteiger partial charge in [0.25, 0.3) is 5.91 Å². The number of carbonyl (C=O) groups is 1. The number of aryl methyl sites for hydroxylation is 2. The van der Waals surface area contributed by atoms with Crippen LogP contribution in [0.2, 0.25) is 0 Å². The molecule has 3 rings (SSSR count). The Morgan fingerprint density at radius 2 is 1.67 bits per heavy atom. The van der Waals surface area contributed by atoms with Crippen LogP contribution in [0.25, 0.3) is 0 Å². The summed E-state index contributed by atoms with van der Waals surface area (Å²) < 4.78 is 16.7. The number of furan rings is 1. The zero-order valence-corrected chi connectivity index (χ0v) is 15.7. The van der Waals surface area contributed by atoms with Crippen molar-refractivity contribution >= 4 is 11.6 Å². The molecule has 5 heteroatoms. The molecule has 0 aliphatic carbocycles. The van der Waals surface area contributed by atoms with E-state index in [-0.39, 0.29) is 18.3 Å². The molecule has 0 saturated heterocycles. The molecule has 1 heterocycles. The summed E-state index contributed by atoms with van der Waals surface area (Å²) in [5, 5.41) is 2.89. The third-order valence-electron chi connectivity index (χ3n) is 4.04. The molecule has 0 radical (unpaired) electrons. The summed E-state index contributed by atoms with van der Waals surface area (Å²) in [4.78, 5) is 12.4. The van der Waals surface area contributed by atoms with Gasteiger partial charge in [-0.15, -0.1) is 0 Å². The second-order valence-electron chi connectivity index (χ2n) is 6.23. The maximum atomic E-state index is 12.4.